The molecule has 0 aromatic heterocycles. The lowest BCUT2D eigenvalue weighted by atomic mass is 9.84. The van der Waals surface area contributed by atoms with Crippen molar-refractivity contribution in [3.8, 4) is 0 Å². The Kier molecular flexibility index (Phi) is 6.07. The first kappa shape index (κ1) is 18.3. The third-order valence-corrected chi connectivity index (χ3v) is 5.59. The minimum Gasteiger partial charge on any atom is -0.341 e. The molecule has 2 fully saturated rings. The fraction of sp³-hybridized carbons (Fsp3) is 0.556. The topological polar surface area (TPSA) is 52.7 Å². The van der Waals surface area contributed by atoms with Gasteiger partial charge in [-0.3, -0.25) is 4.79 Å². The smallest absolute Gasteiger partial charge is 0.317 e. The second kappa shape index (κ2) is 8.28. The van der Waals surface area contributed by atoms with Crippen LogP contribution in [0.1, 0.15) is 31.2 Å². The fourth-order valence-corrected chi connectivity index (χ4v) is 3.59. The molecule has 0 bridgehead atoms. The summed E-state index contributed by atoms with van der Waals surface area (Å²) in [5, 5.41) is 4.07. The van der Waals surface area contributed by atoms with Gasteiger partial charge >= 0.3 is 6.03 Å². The molecule has 0 unspecified atom stereocenters. The molecule has 1 aromatic carbocycles. The molecule has 3 rings (SSSR count). The van der Waals surface area contributed by atoms with Gasteiger partial charge in [-0.2, -0.15) is 0 Å². The zero-order valence-electron chi connectivity index (χ0n) is 14.1. The van der Waals surface area contributed by atoms with Crippen molar-refractivity contribution in [2.45, 2.75) is 32.2 Å². The molecule has 5 nitrogen and oxygen atoms in total. The monoisotopic (exact) mass is 383 g/mol. The molecule has 1 saturated carbocycles. The van der Waals surface area contributed by atoms with Crippen LogP contribution in [0.3, 0.4) is 0 Å². The quantitative estimate of drug-likeness (QED) is 0.867. The molecule has 1 aliphatic heterocycles. The van der Waals surface area contributed by atoms with E-state index in [0.29, 0.717) is 36.2 Å². The van der Waals surface area contributed by atoms with Crippen LogP contribution in [0.25, 0.3) is 0 Å². The van der Waals surface area contributed by atoms with Gasteiger partial charge in [0.05, 0.1) is 0 Å². The number of rotatable bonds is 3. The zero-order chi connectivity index (χ0) is 17.8. The number of carbonyl (C=O) groups is 2. The summed E-state index contributed by atoms with van der Waals surface area (Å²) in [6, 6.07) is 5.07. The lowest BCUT2D eigenvalue weighted by Gasteiger charge is -2.31. The van der Waals surface area contributed by atoms with Gasteiger partial charge in [0.2, 0.25) is 5.91 Å². The molecule has 3 amide bonds. The van der Waals surface area contributed by atoms with Crippen molar-refractivity contribution in [1.82, 2.24) is 15.1 Å². The lowest BCUT2D eigenvalue weighted by Crippen LogP contribution is -2.43. The maximum absolute atomic E-state index is 12.4. The third-order valence-electron chi connectivity index (χ3n) is 4.99. The van der Waals surface area contributed by atoms with E-state index >= 15 is 0 Å². The summed E-state index contributed by atoms with van der Waals surface area (Å²) < 4.78 is 0. The molecule has 7 heteroatoms. The molecule has 136 valence electrons. The van der Waals surface area contributed by atoms with Crippen LogP contribution in [-0.4, -0.2) is 47.9 Å². The molecule has 1 aromatic rings. The number of amides is 3. The fourth-order valence-electron chi connectivity index (χ4n) is 3.22. The maximum Gasteiger partial charge on any atom is 0.317 e. The Hall–Kier alpha value is -1.46. The Morgan fingerprint density at radius 2 is 1.76 bits per heavy atom. The van der Waals surface area contributed by atoms with Gasteiger partial charge in [0.1, 0.15) is 0 Å². The SMILES string of the molecule is O=C(NCc1cc(Cl)ccc1Cl)N1CCCN(C(=O)C2CCC2)CC1. The number of carbonyl (C=O) groups excluding carboxylic acids is 2. The van der Waals surface area contributed by atoms with Gasteiger partial charge < -0.3 is 15.1 Å². The Balaban J connectivity index is 1.50. The Morgan fingerprint density at radius 1 is 1.04 bits per heavy atom. The van der Waals surface area contributed by atoms with Gasteiger partial charge in [-0.1, -0.05) is 29.6 Å². The molecule has 0 spiro atoms. The number of nitrogens with zero attached hydrogens (tertiary/aromatic N) is 2. The van der Waals surface area contributed by atoms with E-state index in [1.54, 1.807) is 23.1 Å². The van der Waals surface area contributed by atoms with Crippen molar-refractivity contribution in [1.29, 1.82) is 0 Å². The standard InChI is InChI=1S/C18H23Cl2N3O2/c19-15-5-6-16(20)14(11-15)12-21-18(25)23-8-2-7-22(9-10-23)17(24)13-3-1-4-13/h5-6,11,13H,1-4,7-10,12H2,(H,21,25). The highest BCUT2D eigenvalue weighted by atomic mass is 35.5. The van der Waals surface area contributed by atoms with Gasteiger partial charge in [-0.05, 0) is 43.0 Å². The minimum atomic E-state index is -0.131. The highest BCUT2D eigenvalue weighted by molar-refractivity contribution is 6.33. The molecular formula is C18H23Cl2N3O2. The Bertz CT molecular complexity index is 649. The van der Waals surface area contributed by atoms with Crippen LogP contribution in [0.4, 0.5) is 4.79 Å². The molecule has 0 atom stereocenters. The first-order valence-corrected chi connectivity index (χ1v) is 9.55. The second-order valence-electron chi connectivity index (χ2n) is 6.69. The summed E-state index contributed by atoms with van der Waals surface area (Å²) in [7, 11) is 0. The molecule has 1 N–H and O–H groups in total. The number of hydrogen-bond acceptors (Lipinski definition) is 2. The predicted octanol–water partition coefficient (Wildman–Crippen LogP) is 3.54. The van der Waals surface area contributed by atoms with Gasteiger partial charge in [-0.25, -0.2) is 4.79 Å². The molecular weight excluding hydrogens is 361 g/mol. The highest BCUT2D eigenvalue weighted by Gasteiger charge is 2.30. The van der Waals surface area contributed by atoms with Gasteiger partial charge in [0.15, 0.2) is 0 Å². The van der Waals surface area contributed by atoms with Crippen molar-refractivity contribution in [3.63, 3.8) is 0 Å². The van der Waals surface area contributed by atoms with Crippen LogP contribution in [0.5, 0.6) is 0 Å². The van der Waals surface area contributed by atoms with Crippen molar-refractivity contribution in [2.24, 2.45) is 5.92 Å². The first-order valence-electron chi connectivity index (χ1n) is 8.80. The second-order valence-corrected chi connectivity index (χ2v) is 7.53. The van der Waals surface area contributed by atoms with E-state index < -0.39 is 0 Å². The molecule has 1 heterocycles. The van der Waals surface area contributed by atoms with Crippen molar-refractivity contribution < 1.29 is 9.59 Å². The molecule has 2 aliphatic rings. The minimum absolute atomic E-state index is 0.131. The summed E-state index contributed by atoms with van der Waals surface area (Å²) >= 11 is 12.1. The van der Waals surface area contributed by atoms with Gasteiger partial charge in [0, 0.05) is 48.7 Å². The molecule has 0 radical (unpaired) electrons. The number of halogens is 2. The molecule has 25 heavy (non-hydrogen) atoms. The van der Waals surface area contributed by atoms with Crippen molar-refractivity contribution in [3.05, 3.63) is 33.8 Å². The van der Waals surface area contributed by atoms with Gasteiger partial charge in [-0.15, -0.1) is 0 Å². The van der Waals surface area contributed by atoms with E-state index in [4.69, 9.17) is 23.2 Å². The zero-order valence-corrected chi connectivity index (χ0v) is 15.7. The molecule has 1 saturated heterocycles. The van der Waals surface area contributed by atoms with Crippen LogP contribution < -0.4 is 5.32 Å². The van der Waals surface area contributed by atoms with E-state index in [2.05, 4.69) is 5.32 Å². The Morgan fingerprint density at radius 3 is 2.48 bits per heavy atom. The average Bonchev–Trinajstić information content (AvgIpc) is 2.80. The summed E-state index contributed by atoms with van der Waals surface area (Å²) in [6.07, 6.45) is 3.99. The maximum atomic E-state index is 12.4. The number of benzene rings is 1. The van der Waals surface area contributed by atoms with E-state index in [1.165, 1.54) is 0 Å². The van der Waals surface area contributed by atoms with E-state index in [1.807, 2.05) is 4.90 Å². The Labute approximate surface area is 158 Å². The van der Waals surface area contributed by atoms with Crippen LogP contribution in [-0.2, 0) is 11.3 Å². The highest BCUT2D eigenvalue weighted by Crippen LogP contribution is 2.28. The van der Waals surface area contributed by atoms with Crippen LogP contribution in [0.2, 0.25) is 10.0 Å². The normalized spacial score (nSPS) is 18.5. The number of urea groups is 1. The van der Waals surface area contributed by atoms with Gasteiger partial charge in [0.25, 0.3) is 0 Å². The van der Waals surface area contributed by atoms with Crippen molar-refractivity contribution >= 4 is 35.1 Å². The number of hydrogen-bond donors (Lipinski definition) is 1. The first-order chi connectivity index (χ1) is 12.0. The summed E-state index contributed by atoms with van der Waals surface area (Å²) in [5.41, 5.74) is 0.791. The van der Waals surface area contributed by atoms with Crippen LogP contribution >= 0.6 is 23.2 Å². The van der Waals surface area contributed by atoms with Crippen molar-refractivity contribution in [2.75, 3.05) is 26.2 Å². The van der Waals surface area contributed by atoms with E-state index in [0.717, 1.165) is 37.8 Å². The number of nitrogens with one attached hydrogen (secondary N) is 1. The lowest BCUT2D eigenvalue weighted by molar-refractivity contribution is -0.138. The van der Waals surface area contributed by atoms with Crippen LogP contribution in [0.15, 0.2) is 18.2 Å². The average molecular weight is 384 g/mol. The third kappa shape index (κ3) is 4.59. The summed E-state index contributed by atoms with van der Waals surface area (Å²) in [6.45, 7) is 2.90. The summed E-state index contributed by atoms with van der Waals surface area (Å²) in [5.74, 6) is 0.476. The van der Waals surface area contributed by atoms with E-state index in [-0.39, 0.29) is 17.9 Å². The largest absolute Gasteiger partial charge is 0.341 e. The van der Waals surface area contributed by atoms with E-state index in [9.17, 15) is 9.59 Å². The summed E-state index contributed by atoms with van der Waals surface area (Å²) in [4.78, 5) is 28.5. The predicted molar refractivity (Wildman–Crippen MR) is 98.8 cm³/mol. The molecule has 1 aliphatic carbocycles. The van der Waals surface area contributed by atoms with Crippen LogP contribution in [0, 0.1) is 5.92 Å².